The third-order valence-corrected chi connectivity index (χ3v) is 8.42. The van der Waals surface area contributed by atoms with E-state index in [2.05, 4.69) is 17.2 Å². The van der Waals surface area contributed by atoms with Gasteiger partial charge in [-0.3, -0.25) is 4.68 Å². The molecule has 6 rings (SSSR count). The molecule has 1 fully saturated rings. The van der Waals surface area contributed by atoms with E-state index in [9.17, 15) is 9.18 Å². The van der Waals surface area contributed by atoms with Crippen molar-refractivity contribution < 1.29 is 18.7 Å². The lowest BCUT2D eigenvalue weighted by atomic mass is 9.97. The van der Waals surface area contributed by atoms with Crippen molar-refractivity contribution in [3.63, 3.8) is 0 Å². The average molecular weight is 603 g/mol. The van der Waals surface area contributed by atoms with Crippen molar-refractivity contribution in [1.82, 2.24) is 20.1 Å². The highest BCUT2D eigenvalue weighted by molar-refractivity contribution is 6.35. The molecule has 5 aromatic rings. The zero-order chi connectivity index (χ0) is 30.1. The van der Waals surface area contributed by atoms with Gasteiger partial charge in [-0.1, -0.05) is 36.7 Å². The summed E-state index contributed by atoms with van der Waals surface area (Å²) >= 11 is 6.94. The van der Waals surface area contributed by atoms with Crippen LogP contribution >= 0.6 is 11.6 Å². The lowest BCUT2D eigenvalue weighted by Gasteiger charge is -2.11. The maximum absolute atomic E-state index is 13.7. The van der Waals surface area contributed by atoms with Gasteiger partial charge in [-0.15, -0.1) is 0 Å². The fourth-order valence-corrected chi connectivity index (χ4v) is 6.18. The Bertz CT molecular complexity index is 1810. The topological polar surface area (TPSA) is 81.2 Å². The summed E-state index contributed by atoms with van der Waals surface area (Å²) in [6, 6.07) is 14.7. The summed E-state index contributed by atoms with van der Waals surface area (Å²) in [6.07, 6.45) is 4.39. The first-order chi connectivity index (χ1) is 20.9. The summed E-state index contributed by atoms with van der Waals surface area (Å²) in [4.78, 5) is 16.6. The van der Waals surface area contributed by atoms with Gasteiger partial charge >= 0.3 is 5.97 Å². The van der Waals surface area contributed by atoms with Gasteiger partial charge in [0.15, 0.2) is 0 Å². The molecule has 224 valence electrons. The standard InChI is InChI=1S/C34H36ClFN4O3/c1-4-28-31(27(39-40(28)3)19-37-22-12-13-22)30-26(35)16-15-25-24(33(38-32(25)30)34(41)42-5-2)9-7-17-43-29-10-6-8-20-18-21(36)11-14-23(20)29/h6,8,10-11,14-16,18,22,37-38H,4-5,7,9,12-13,17,19H2,1-3H3. The van der Waals surface area contributed by atoms with Gasteiger partial charge in [-0.25, -0.2) is 9.18 Å². The molecular formula is C34H36ClFN4O3. The second-order valence-electron chi connectivity index (χ2n) is 11.0. The van der Waals surface area contributed by atoms with Crippen LogP contribution in [0.25, 0.3) is 32.8 Å². The molecule has 0 bridgehead atoms. The number of nitrogens with zero attached hydrogens (tertiary/aromatic N) is 2. The number of carbonyl (C=O) groups is 1. The SMILES string of the molecule is CCOC(=O)c1[nH]c2c(-c3c(CNC4CC4)nn(C)c3CC)c(Cl)ccc2c1CCCOc1cccc2cc(F)ccc12. The number of H-pyrrole nitrogens is 1. The van der Waals surface area contributed by atoms with Crippen LogP contribution in [-0.2, 0) is 31.2 Å². The predicted octanol–water partition coefficient (Wildman–Crippen LogP) is 7.52. The van der Waals surface area contributed by atoms with Crippen LogP contribution in [0.1, 0.15) is 60.5 Å². The fourth-order valence-electron chi connectivity index (χ4n) is 5.92. The number of aromatic nitrogens is 3. The third-order valence-electron chi connectivity index (χ3n) is 8.10. The zero-order valence-electron chi connectivity index (χ0n) is 24.7. The molecule has 3 aromatic carbocycles. The first-order valence-corrected chi connectivity index (χ1v) is 15.4. The van der Waals surface area contributed by atoms with E-state index in [0.29, 0.717) is 48.5 Å². The maximum atomic E-state index is 13.7. The molecule has 0 radical (unpaired) electrons. The molecule has 0 aliphatic heterocycles. The molecule has 0 saturated heterocycles. The number of hydrogen-bond donors (Lipinski definition) is 2. The van der Waals surface area contributed by atoms with E-state index in [1.54, 1.807) is 13.0 Å². The highest BCUT2D eigenvalue weighted by Crippen LogP contribution is 2.41. The molecular weight excluding hydrogens is 567 g/mol. The second-order valence-corrected chi connectivity index (χ2v) is 11.4. The van der Waals surface area contributed by atoms with Gasteiger partial charge in [0, 0.05) is 47.2 Å². The Morgan fingerprint density at radius 1 is 1.14 bits per heavy atom. The van der Waals surface area contributed by atoms with Gasteiger partial charge in [-0.2, -0.15) is 5.10 Å². The average Bonchev–Trinajstić information content (AvgIpc) is 3.67. The summed E-state index contributed by atoms with van der Waals surface area (Å²) in [5, 5.41) is 11.6. The van der Waals surface area contributed by atoms with Crippen molar-refractivity contribution >= 4 is 39.2 Å². The van der Waals surface area contributed by atoms with Crippen LogP contribution in [-0.4, -0.2) is 40.0 Å². The highest BCUT2D eigenvalue weighted by atomic mass is 35.5. The number of benzene rings is 3. The monoisotopic (exact) mass is 602 g/mol. The molecule has 0 spiro atoms. The van der Waals surface area contributed by atoms with Crippen LogP contribution in [0.2, 0.25) is 5.02 Å². The van der Waals surface area contributed by atoms with E-state index in [0.717, 1.165) is 56.2 Å². The molecule has 0 unspecified atom stereocenters. The molecule has 7 nitrogen and oxygen atoms in total. The van der Waals surface area contributed by atoms with Crippen molar-refractivity contribution in [3.05, 3.63) is 82.0 Å². The van der Waals surface area contributed by atoms with E-state index in [4.69, 9.17) is 26.2 Å². The predicted molar refractivity (Wildman–Crippen MR) is 168 cm³/mol. The van der Waals surface area contributed by atoms with Crippen LogP contribution in [0.3, 0.4) is 0 Å². The summed E-state index contributed by atoms with van der Waals surface area (Å²) in [5.74, 6) is 0.0241. The van der Waals surface area contributed by atoms with E-state index in [-0.39, 0.29) is 12.4 Å². The number of nitrogens with one attached hydrogen (secondary N) is 2. The van der Waals surface area contributed by atoms with Crippen LogP contribution in [0.5, 0.6) is 5.75 Å². The van der Waals surface area contributed by atoms with Crippen LogP contribution < -0.4 is 10.1 Å². The zero-order valence-corrected chi connectivity index (χ0v) is 25.5. The number of ether oxygens (including phenoxy) is 2. The number of aromatic amines is 1. The number of esters is 1. The van der Waals surface area contributed by atoms with Gasteiger partial charge in [-0.05, 0) is 80.3 Å². The minimum Gasteiger partial charge on any atom is -0.493 e. The summed E-state index contributed by atoms with van der Waals surface area (Å²) < 4.78 is 27.3. The van der Waals surface area contributed by atoms with Crippen molar-refractivity contribution in [2.45, 2.75) is 58.5 Å². The van der Waals surface area contributed by atoms with E-state index in [1.165, 1.54) is 25.0 Å². The molecule has 2 N–H and O–H groups in total. The molecule has 2 aromatic heterocycles. The number of rotatable bonds is 12. The molecule has 1 aliphatic carbocycles. The first kappa shape index (κ1) is 29.2. The van der Waals surface area contributed by atoms with Gasteiger partial charge in [0.2, 0.25) is 0 Å². The lowest BCUT2D eigenvalue weighted by molar-refractivity contribution is 0.0519. The van der Waals surface area contributed by atoms with Crippen molar-refractivity contribution in [2.24, 2.45) is 7.05 Å². The van der Waals surface area contributed by atoms with Crippen molar-refractivity contribution in [2.75, 3.05) is 13.2 Å². The second kappa shape index (κ2) is 12.4. The molecule has 43 heavy (non-hydrogen) atoms. The smallest absolute Gasteiger partial charge is 0.355 e. The van der Waals surface area contributed by atoms with E-state index in [1.807, 2.05) is 42.1 Å². The first-order valence-electron chi connectivity index (χ1n) is 15.0. The Labute approximate surface area is 255 Å². The largest absolute Gasteiger partial charge is 0.493 e. The Morgan fingerprint density at radius 3 is 2.72 bits per heavy atom. The van der Waals surface area contributed by atoms with Crippen LogP contribution in [0.4, 0.5) is 4.39 Å². The Morgan fingerprint density at radius 2 is 1.95 bits per heavy atom. The number of hydrogen-bond acceptors (Lipinski definition) is 5. The van der Waals surface area contributed by atoms with Crippen LogP contribution in [0, 0.1) is 5.82 Å². The summed E-state index contributed by atoms with van der Waals surface area (Å²) in [7, 11) is 1.97. The van der Waals surface area contributed by atoms with Gasteiger partial charge < -0.3 is 19.8 Å². The molecule has 0 atom stereocenters. The number of halogens is 2. The maximum Gasteiger partial charge on any atom is 0.355 e. The Balaban J connectivity index is 1.35. The molecule has 9 heteroatoms. The Hall–Kier alpha value is -3.88. The van der Waals surface area contributed by atoms with E-state index < -0.39 is 5.97 Å². The molecule has 2 heterocycles. The van der Waals surface area contributed by atoms with Crippen molar-refractivity contribution in [3.8, 4) is 16.9 Å². The van der Waals surface area contributed by atoms with E-state index >= 15 is 0 Å². The minimum atomic E-state index is -0.398. The number of aryl methyl sites for hydroxylation is 2. The van der Waals surface area contributed by atoms with Crippen molar-refractivity contribution in [1.29, 1.82) is 0 Å². The highest BCUT2D eigenvalue weighted by Gasteiger charge is 2.27. The molecule has 0 amide bonds. The van der Waals surface area contributed by atoms with Gasteiger partial charge in [0.05, 0.1) is 29.4 Å². The minimum absolute atomic E-state index is 0.269. The van der Waals surface area contributed by atoms with Gasteiger partial charge in [0.25, 0.3) is 0 Å². The normalized spacial score (nSPS) is 13.2. The van der Waals surface area contributed by atoms with Gasteiger partial charge in [0.1, 0.15) is 17.3 Å². The quantitative estimate of drug-likeness (QED) is 0.114. The summed E-state index contributed by atoms with van der Waals surface area (Å²) in [5.41, 5.74) is 5.99. The van der Waals surface area contributed by atoms with Crippen LogP contribution in [0.15, 0.2) is 48.5 Å². The summed E-state index contributed by atoms with van der Waals surface area (Å²) in [6.45, 7) is 5.26. The third kappa shape index (κ3) is 5.86. The lowest BCUT2D eigenvalue weighted by Crippen LogP contribution is -2.16. The number of carbonyl (C=O) groups excluding carboxylic acids is 1. The Kier molecular flexibility index (Phi) is 8.41. The molecule has 1 saturated carbocycles. The fraction of sp³-hybridized carbons (Fsp3) is 0.353. The molecule has 1 aliphatic rings. The number of fused-ring (bicyclic) bond motifs is 2.